The third-order valence-corrected chi connectivity index (χ3v) is 6.18. The SMILES string of the molecule is Fc1ccc(CN2CCOCC3(CCN(Cc4cccs4)C3)C2)cc1. The molecule has 0 saturated carbocycles. The Kier molecular flexibility index (Phi) is 5.17. The molecule has 1 aromatic carbocycles. The van der Waals surface area contributed by atoms with Crippen LogP contribution in [0.1, 0.15) is 16.9 Å². The van der Waals surface area contributed by atoms with Gasteiger partial charge in [-0.3, -0.25) is 9.80 Å². The van der Waals surface area contributed by atoms with E-state index in [1.807, 2.05) is 23.5 Å². The molecule has 1 spiro atoms. The molecule has 25 heavy (non-hydrogen) atoms. The van der Waals surface area contributed by atoms with Gasteiger partial charge in [0.25, 0.3) is 0 Å². The van der Waals surface area contributed by atoms with Crippen LogP contribution in [-0.2, 0) is 17.8 Å². The van der Waals surface area contributed by atoms with Crippen LogP contribution in [0.25, 0.3) is 0 Å². The minimum Gasteiger partial charge on any atom is -0.379 e. The van der Waals surface area contributed by atoms with Crippen molar-refractivity contribution in [3.63, 3.8) is 0 Å². The molecule has 2 fully saturated rings. The maximum Gasteiger partial charge on any atom is 0.123 e. The van der Waals surface area contributed by atoms with Crippen molar-refractivity contribution in [3.8, 4) is 0 Å². The summed E-state index contributed by atoms with van der Waals surface area (Å²) >= 11 is 1.84. The molecule has 1 atom stereocenters. The largest absolute Gasteiger partial charge is 0.379 e. The van der Waals surface area contributed by atoms with Gasteiger partial charge in [0.2, 0.25) is 0 Å². The molecule has 0 amide bonds. The average Bonchev–Trinajstić information content (AvgIpc) is 3.20. The molecule has 0 N–H and O–H groups in total. The van der Waals surface area contributed by atoms with E-state index in [0.29, 0.717) is 0 Å². The number of hydrogen-bond donors (Lipinski definition) is 0. The summed E-state index contributed by atoms with van der Waals surface area (Å²) in [5.74, 6) is -0.167. The Bertz CT molecular complexity index is 676. The summed E-state index contributed by atoms with van der Waals surface area (Å²) in [6.45, 7) is 7.82. The second-order valence-electron chi connectivity index (χ2n) is 7.43. The summed E-state index contributed by atoms with van der Waals surface area (Å²) < 4.78 is 19.1. The van der Waals surface area contributed by atoms with Gasteiger partial charge in [-0.05, 0) is 42.1 Å². The van der Waals surface area contributed by atoms with Crippen molar-refractivity contribution in [3.05, 3.63) is 58.0 Å². The quantitative estimate of drug-likeness (QED) is 0.828. The minimum absolute atomic E-state index is 0.167. The van der Waals surface area contributed by atoms with Crippen LogP contribution in [-0.4, -0.2) is 49.2 Å². The highest BCUT2D eigenvalue weighted by Gasteiger charge is 2.41. The van der Waals surface area contributed by atoms with Crippen molar-refractivity contribution in [2.24, 2.45) is 5.41 Å². The summed E-state index contributed by atoms with van der Waals surface area (Å²) in [5.41, 5.74) is 1.40. The fourth-order valence-corrected chi connectivity index (χ4v) is 4.84. The Hall–Kier alpha value is -1.27. The molecular formula is C20H25FN2OS. The zero-order chi connectivity index (χ0) is 17.1. The first-order valence-electron chi connectivity index (χ1n) is 9.00. The van der Waals surface area contributed by atoms with Crippen LogP contribution >= 0.6 is 11.3 Å². The molecule has 4 rings (SSSR count). The summed E-state index contributed by atoms with van der Waals surface area (Å²) in [5, 5.41) is 2.15. The van der Waals surface area contributed by atoms with Crippen LogP contribution in [0, 0.1) is 11.2 Å². The van der Waals surface area contributed by atoms with Gasteiger partial charge in [0.05, 0.1) is 13.2 Å². The summed E-state index contributed by atoms with van der Waals surface area (Å²) in [7, 11) is 0. The molecule has 1 unspecified atom stereocenters. The van der Waals surface area contributed by atoms with E-state index in [-0.39, 0.29) is 11.2 Å². The maximum atomic E-state index is 13.1. The molecule has 2 aromatic rings. The number of benzene rings is 1. The van der Waals surface area contributed by atoms with Gasteiger partial charge in [0, 0.05) is 43.0 Å². The van der Waals surface area contributed by atoms with Gasteiger partial charge in [-0.25, -0.2) is 4.39 Å². The monoisotopic (exact) mass is 360 g/mol. The van der Waals surface area contributed by atoms with E-state index in [1.54, 1.807) is 12.1 Å². The van der Waals surface area contributed by atoms with Gasteiger partial charge < -0.3 is 4.74 Å². The van der Waals surface area contributed by atoms with E-state index in [0.717, 1.165) is 52.5 Å². The minimum atomic E-state index is -0.167. The second kappa shape index (κ2) is 7.54. The number of rotatable bonds is 4. The molecular weight excluding hydrogens is 335 g/mol. The highest BCUT2D eigenvalue weighted by Crippen LogP contribution is 2.35. The third-order valence-electron chi connectivity index (χ3n) is 5.32. The lowest BCUT2D eigenvalue weighted by Crippen LogP contribution is -2.40. The number of nitrogens with zero attached hydrogens (tertiary/aromatic N) is 2. The van der Waals surface area contributed by atoms with Crippen molar-refractivity contribution < 1.29 is 9.13 Å². The first kappa shape index (κ1) is 17.2. The number of thiophene rings is 1. The Morgan fingerprint density at radius 3 is 2.60 bits per heavy atom. The topological polar surface area (TPSA) is 15.7 Å². The predicted molar refractivity (Wildman–Crippen MR) is 99.1 cm³/mol. The molecule has 2 aliphatic rings. The second-order valence-corrected chi connectivity index (χ2v) is 8.46. The zero-order valence-electron chi connectivity index (χ0n) is 14.5. The Labute approximate surface area is 153 Å². The molecule has 2 saturated heterocycles. The molecule has 0 bridgehead atoms. The van der Waals surface area contributed by atoms with Gasteiger partial charge in [0.1, 0.15) is 5.82 Å². The van der Waals surface area contributed by atoms with Crippen molar-refractivity contribution in [2.45, 2.75) is 19.5 Å². The lowest BCUT2D eigenvalue weighted by atomic mass is 9.87. The summed E-state index contributed by atoms with van der Waals surface area (Å²) in [6, 6.07) is 11.2. The first-order chi connectivity index (χ1) is 12.2. The number of hydrogen-bond acceptors (Lipinski definition) is 4. The van der Waals surface area contributed by atoms with E-state index in [9.17, 15) is 4.39 Å². The maximum absolute atomic E-state index is 13.1. The zero-order valence-corrected chi connectivity index (χ0v) is 15.3. The Morgan fingerprint density at radius 1 is 1.04 bits per heavy atom. The van der Waals surface area contributed by atoms with E-state index in [4.69, 9.17) is 4.74 Å². The number of ether oxygens (including phenoxy) is 1. The molecule has 0 aliphatic carbocycles. The van der Waals surface area contributed by atoms with Crippen molar-refractivity contribution in [2.75, 3.05) is 39.4 Å². The predicted octanol–water partition coefficient (Wildman–Crippen LogP) is 3.61. The van der Waals surface area contributed by atoms with Crippen LogP contribution in [0.2, 0.25) is 0 Å². The van der Waals surface area contributed by atoms with E-state index >= 15 is 0 Å². The molecule has 3 heterocycles. The van der Waals surface area contributed by atoms with Crippen LogP contribution in [0.15, 0.2) is 41.8 Å². The lowest BCUT2D eigenvalue weighted by Gasteiger charge is -2.32. The van der Waals surface area contributed by atoms with Crippen LogP contribution < -0.4 is 0 Å². The standard InChI is InChI=1S/C20H25FN2OS/c21-18-5-3-17(4-6-18)12-23-9-10-24-16-20(15-23)7-8-22(14-20)13-19-2-1-11-25-19/h1-6,11H,7-10,12-16H2. The molecule has 0 radical (unpaired) electrons. The third kappa shape index (κ3) is 4.29. The fourth-order valence-electron chi connectivity index (χ4n) is 4.10. The normalized spacial score (nSPS) is 25.5. The van der Waals surface area contributed by atoms with Crippen LogP contribution in [0.3, 0.4) is 0 Å². The fraction of sp³-hybridized carbons (Fsp3) is 0.500. The first-order valence-corrected chi connectivity index (χ1v) is 9.88. The highest BCUT2D eigenvalue weighted by atomic mass is 32.1. The summed E-state index contributed by atoms with van der Waals surface area (Å²) in [4.78, 5) is 6.49. The van der Waals surface area contributed by atoms with Crippen molar-refractivity contribution in [1.82, 2.24) is 9.80 Å². The van der Waals surface area contributed by atoms with Crippen LogP contribution in [0.4, 0.5) is 4.39 Å². The Morgan fingerprint density at radius 2 is 1.84 bits per heavy atom. The van der Waals surface area contributed by atoms with Crippen molar-refractivity contribution >= 4 is 11.3 Å². The van der Waals surface area contributed by atoms with Gasteiger partial charge >= 0.3 is 0 Å². The van der Waals surface area contributed by atoms with Crippen LogP contribution in [0.5, 0.6) is 0 Å². The molecule has 3 nitrogen and oxygen atoms in total. The van der Waals surface area contributed by atoms with Gasteiger partial charge in [-0.2, -0.15) is 0 Å². The molecule has 1 aromatic heterocycles. The molecule has 2 aliphatic heterocycles. The smallest absolute Gasteiger partial charge is 0.123 e. The number of halogens is 1. The van der Waals surface area contributed by atoms with Gasteiger partial charge in [0.15, 0.2) is 0 Å². The van der Waals surface area contributed by atoms with E-state index < -0.39 is 0 Å². The van der Waals surface area contributed by atoms with Crippen molar-refractivity contribution in [1.29, 1.82) is 0 Å². The Balaban J connectivity index is 1.40. The summed E-state index contributed by atoms with van der Waals surface area (Å²) in [6.07, 6.45) is 1.19. The lowest BCUT2D eigenvalue weighted by molar-refractivity contribution is 0.0707. The highest BCUT2D eigenvalue weighted by molar-refractivity contribution is 7.09. The van der Waals surface area contributed by atoms with Gasteiger partial charge in [-0.1, -0.05) is 18.2 Å². The average molecular weight is 360 g/mol. The van der Waals surface area contributed by atoms with E-state index in [2.05, 4.69) is 27.3 Å². The molecule has 134 valence electrons. The van der Waals surface area contributed by atoms with E-state index in [1.165, 1.54) is 16.9 Å². The molecule has 5 heteroatoms. The van der Waals surface area contributed by atoms with Gasteiger partial charge in [-0.15, -0.1) is 11.3 Å². The number of likely N-dealkylation sites (tertiary alicyclic amines) is 1.